The van der Waals surface area contributed by atoms with Crippen LogP contribution < -0.4 is 11.2 Å². The fourth-order valence-electron chi connectivity index (χ4n) is 3.20. The number of hydrogen-bond acceptors (Lipinski definition) is 5. The molecular weight excluding hydrogens is 372 g/mol. The van der Waals surface area contributed by atoms with Crippen LogP contribution in [0.15, 0.2) is 52.2 Å². The third kappa shape index (κ3) is 3.87. The molecule has 2 aromatic rings. The Labute approximate surface area is 161 Å². The minimum absolute atomic E-state index is 0.182. The van der Waals surface area contributed by atoms with Gasteiger partial charge >= 0.3 is 5.69 Å². The molecule has 0 bridgehead atoms. The standard InChI is InChI=1S/C19H23ClN2O5/c1-13-15(10-23)27-17(19(13,2)20)21-9-8-16(24)22(18(21)25)12-26-11-14-6-4-3-5-7-14/h3-9,13,15,17,23H,10-12H2,1-2H3/t13-,15-,17-,19-/m1/s1. The van der Waals surface area contributed by atoms with E-state index in [9.17, 15) is 14.7 Å². The number of hydrogen-bond donors (Lipinski definition) is 1. The number of aromatic nitrogens is 2. The maximum Gasteiger partial charge on any atom is 0.335 e. The Morgan fingerprint density at radius 2 is 1.96 bits per heavy atom. The van der Waals surface area contributed by atoms with Crippen molar-refractivity contribution in [1.82, 2.24) is 9.13 Å². The summed E-state index contributed by atoms with van der Waals surface area (Å²) in [5.41, 5.74) is -0.0996. The molecule has 0 aliphatic carbocycles. The zero-order valence-corrected chi connectivity index (χ0v) is 16.0. The second kappa shape index (κ2) is 7.98. The van der Waals surface area contributed by atoms with Gasteiger partial charge in [0.25, 0.3) is 5.56 Å². The molecule has 0 radical (unpaired) electrons. The van der Waals surface area contributed by atoms with Gasteiger partial charge in [-0.3, -0.25) is 9.36 Å². The number of nitrogens with zero attached hydrogens (tertiary/aromatic N) is 2. The van der Waals surface area contributed by atoms with Crippen molar-refractivity contribution in [2.75, 3.05) is 6.61 Å². The van der Waals surface area contributed by atoms with E-state index in [2.05, 4.69) is 0 Å². The van der Waals surface area contributed by atoms with Crippen LogP contribution in [0.25, 0.3) is 0 Å². The largest absolute Gasteiger partial charge is 0.394 e. The molecule has 1 N–H and O–H groups in total. The number of rotatable bonds is 6. The van der Waals surface area contributed by atoms with Gasteiger partial charge in [0.2, 0.25) is 0 Å². The van der Waals surface area contributed by atoms with E-state index in [-0.39, 0.29) is 25.9 Å². The molecule has 1 aromatic carbocycles. The van der Waals surface area contributed by atoms with E-state index in [1.54, 1.807) is 6.92 Å². The second-order valence-electron chi connectivity index (χ2n) is 6.88. The van der Waals surface area contributed by atoms with Crippen LogP contribution in [-0.2, 0) is 22.8 Å². The minimum atomic E-state index is -0.912. The van der Waals surface area contributed by atoms with E-state index >= 15 is 0 Å². The van der Waals surface area contributed by atoms with Crippen molar-refractivity contribution in [3.8, 4) is 0 Å². The fourth-order valence-corrected chi connectivity index (χ4v) is 3.50. The Bertz CT molecular complexity index is 893. The normalized spacial score (nSPS) is 27.8. The summed E-state index contributed by atoms with van der Waals surface area (Å²) in [5.74, 6) is -0.184. The zero-order valence-electron chi connectivity index (χ0n) is 15.2. The summed E-state index contributed by atoms with van der Waals surface area (Å²) in [6.07, 6.45) is 0.0785. The predicted molar refractivity (Wildman–Crippen MR) is 101 cm³/mol. The van der Waals surface area contributed by atoms with Crippen molar-refractivity contribution < 1.29 is 14.6 Å². The van der Waals surface area contributed by atoms with Gasteiger partial charge in [0.1, 0.15) is 6.73 Å². The maximum absolute atomic E-state index is 12.9. The van der Waals surface area contributed by atoms with Gasteiger partial charge in [-0.1, -0.05) is 37.3 Å². The predicted octanol–water partition coefficient (Wildman–Crippen LogP) is 1.71. The van der Waals surface area contributed by atoms with Crippen LogP contribution in [0.5, 0.6) is 0 Å². The zero-order chi connectivity index (χ0) is 19.6. The monoisotopic (exact) mass is 394 g/mol. The average molecular weight is 395 g/mol. The Balaban J connectivity index is 1.83. The quantitative estimate of drug-likeness (QED) is 0.754. The van der Waals surface area contributed by atoms with Crippen molar-refractivity contribution in [3.05, 3.63) is 69.0 Å². The third-order valence-corrected chi connectivity index (χ3v) is 5.63. The maximum atomic E-state index is 12.9. The Hall–Kier alpha value is -1.93. The molecule has 1 fully saturated rings. The molecule has 146 valence electrons. The summed E-state index contributed by atoms with van der Waals surface area (Å²) in [7, 11) is 0. The molecule has 1 aromatic heterocycles. The first-order chi connectivity index (χ1) is 12.9. The van der Waals surface area contributed by atoms with E-state index in [4.69, 9.17) is 21.1 Å². The number of halogens is 1. The third-order valence-electron chi connectivity index (χ3n) is 5.09. The van der Waals surface area contributed by atoms with E-state index in [1.165, 1.54) is 16.8 Å². The fraction of sp³-hybridized carbons (Fsp3) is 0.474. The van der Waals surface area contributed by atoms with Crippen LogP contribution in [-0.4, -0.2) is 31.8 Å². The summed E-state index contributed by atoms with van der Waals surface area (Å²) in [6.45, 7) is 3.51. The number of ether oxygens (including phenoxy) is 2. The highest BCUT2D eigenvalue weighted by molar-refractivity contribution is 6.24. The number of alkyl halides is 1. The SMILES string of the molecule is C[C@@H]1[C@@H](CO)O[C@@H](n2ccc(=O)n(COCc3ccccc3)c2=O)[C@]1(C)Cl. The van der Waals surface area contributed by atoms with Crippen molar-refractivity contribution in [2.45, 2.75) is 44.4 Å². The van der Waals surface area contributed by atoms with E-state index < -0.39 is 28.5 Å². The van der Waals surface area contributed by atoms with Crippen LogP contribution in [0.3, 0.4) is 0 Å². The van der Waals surface area contributed by atoms with Crippen molar-refractivity contribution in [3.63, 3.8) is 0 Å². The molecule has 2 heterocycles. The molecule has 1 aliphatic rings. The van der Waals surface area contributed by atoms with Crippen molar-refractivity contribution in [2.24, 2.45) is 5.92 Å². The average Bonchev–Trinajstić information content (AvgIpc) is 2.88. The summed E-state index contributed by atoms with van der Waals surface area (Å²) in [6, 6.07) is 10.7. The summed E-state index contributed by atoms with van der Waals surface area (Å²) in [5, 5.41) is 9.48. The molecule has 1 aliphatic heterocycles. The second-order valence-corrected chi connectivity index (χ2v) is 7.70. The first kappa shape index (κ1) is 19.8. The summed E-state index contributed by atoms with van der Waals surface area (Å²) in [4.78, 5) is 24.1. The lowest BCUT2D eigenvalue weighted by Crippen LogP contribution is -2.44. The van der Waals surface area contributed by atoms with E-state index in [1.807, 2.05) is 37.3 Å². The van der Waals surface area contributed by atoms with Gasteiger partial charge in [-0.05, 0) is 12.5 Å². The molecule has 4 atom stereocenters. The molecule has 3 rings (SSSR count). The number of benzene rings is 1. The van der Waals surface area contributed by atoms with E-state index in [0.29, 0.717) is 0 Å². The molecule has 1 saturated heterocycles. The lowest BCUT2D eigenvalue weighted by Gasteiger charge is -2.27. The molecule has 0 unspecified atom stereocenters. The van der Waals surface area contributed by atoms with Crippen molar-refractivity contribution in [1.29, 1.82) is 0 Å². The van der Waals surface area contributed by atoms with Crippen LogP contribution in [0.2, 0.25) is 0 Å². The van der Waals surface area contributed by atoms with Gasteiger partial charge in [0.05, 0.1) is 24.2 Å². The Kier molecular flexibility index (Phi) is 5.86. The van der Waals surface area contributed by atoms with Crippen molar-refractivity contribution >= 4 is 11.6 Å². The molecule has 7 nitrogen and oxygen atoms in total. The van der Waals surface area contributed by atoms with Crippen LogP contribution in [0, 0.1) is 5.92 Å². The highest BCUT2D eigenvalue weighted by Gasteiger charge is 2.51. The highest BCUT2D eigenvalue weighted by Crippen LogP contribution is 2.46. The smallest absolute Gasteiger partial charge is 0.335 e. The van der Waals surface area contributed by atoms with Gasteiger partial charge in [0, 0.05) is 18.2 Å². The Morgan fingerprint density at radius 1 is 1.26 bits per heavy atom. The first-order valence-corrected chi connectivity index (χ1v) is 9.13. The topological polar surface area (TPSA) is 82.7 Å². The summed E-state index contributed by atoms with van der Waals surface area (Å²) >= 11 is 6.63. The van der Waals surface area contributed by atoms with Crippen LogP contribution in [0.4, 0.5) is 0 Å². The molecule has 0 spiro atoms. The molecule has 27 heavy (non-hydrogen) atoms. The molecule has 0 saturated carbocycles. The summed E-state index contributed by atoms with van der Waals surface area (Å²) < 4.78 is 13.6. The van der Waals surface area contributed by atoms with Gasteiger partial charge in [0.15, 0.2) is 6.23 Å². The van der Waals surface area contributed by atoms with Gasteiger partial charge in [-0.2, -0.15) is 0 Å². The lowest BCUT2D eigenvalue weighted by atomic mass is 9.92. The Morgan fingerprint density at radius 3 is 2.59 bits per heavy atom. The molecule has 8 heteroatoms. The van der Waals surface area contributed by atoms with Gasteiger partial charge in [-0.15, -0.1) is 11.6 Å². The number of aliphatic hydroxyl groups excluding tert-OH is 1. The van der Waals surface area contributed by atoms with Crippen LogP contribution >= 0.6 is 11.6 Å². The van der Waals surface area contributed by atoms with E-state index in [0.717, 1.165) is 10.1 Å². The van der Waals surface area contributed by atoms with Gasteiger partial charge < -0.3 is 14.6 Å². The lowest BCUT2D eigenvalue weighted by molar-refractivity contribution is -0.0372. The number of aliphatic hydroxyl groups is 1. The molecule has 0 amide bonds. The van der Waals surface area contributed by atoms with Crippen LogP contribution in [0.1, 0.15) is 25.6 Å². The molecular formula is C19H23ClN2O5. The highest BCUT2D eigenvalue weighted by atomic mass is 35.5. The minimum Gasteiger partial charge on any atom is -0.394 e. The van der Waals surface area contributed by atoms with Gasteiger partial charge in [-0.25, -0.2) is 9.36 Å². The first-order valence-electron chi connectivity index (χ1n) is 8.75.